The lowest BCUT2D eigenvalue weighted by molar-refractivity contribution is 0.349. The number of aromatic nitrogens is 1. The number of nitrogens with zero attached hydrogens (tertiary/aromatic N) is 1. The third kappa shape index (κ3) is 5.34. The SMILES string of the molecule is CC(C)(C)Cn1cc(CNSC(C)(C)C)c2ccc(-c3ccccc3Cl)cc21. The Morgan fingerprint density at radius 3 is 2.36 bits per heavy atom. The molecule has 1 heterocycles. The van der Waals surface area contributed by atoms with E-state index in [2.05, 4.69) is 81.3 Å². The predicted octanol–water partition coefficient (Wildman–Crippen LogP) is 7.54. The van der Waals surface area contributed by atoms with Crippen molar-refractivity contribution in [3.05, 3.63) is 59.2 Å². The second kappa shape index (κ2) is 8.14. The van der Waals surface area contributed by atoms with Gasteiger partial charge in [0.2, 0.25) is 0 Å². The molecule has 0 atom stereocenters. The molecule has 2 nitrogen and oxygen atoms in total. The van der Waals surface area contributed by atoms with Crippen molar-refractivity contribution in [2.75, 3.05) is 0 Å². The van der Waals surface area contributed by atoms with Gasteiger partial charge < -0.3 is 4.57 Å². The van der Waals surface area contributed by atoms with Gasteiger partial charge in [0.05, 0.1) is 0 Å². The van der Waals surface area contributed by atoms with E-state index in [-0.39, 0.29) is 10.2 Å². The Labute approximate surface area is 178 Å². The minimum Gasteiger partial charge on any atom is -0.347 e. The molecule has 0 saturated heterocycles. The molecule has 0 aliphatic carbocycles. The van der Waals surface area contributed by atoms with E-state index in [0.29, 0.717) is 0 Å². The lowest BCUT2D eigenvalue weighted by Gasteiger charge is -2.20. The van der Waals surface area contributed by atoms with Crippen molar-refractivity contribution in [3.8, 4) is 11.1 Å². The van der Waals surface area contributed by atoms with E-state index in [9.17, 15) is 0 Å². The van der Waals surface area contributed by atoms with Crippen LogP contribution in [-0.2, 0) is 13.1 Å². The molecule has 0 bridgehead atoms. The molecule has 0 fully saturated rings. The summed E-state index contributed by atoms with van der Waals surface area (Å²) >= 11 is 8.24. The van der Waals surface area contributed by atoms with E-state index in [1.165, 1.54) is 16.5 Å². The molecule has 0 unspecified atom stereocenters. The van der Waals surface area contributed by atoms with Crippen molar-refractivity contribution >= 4 is 34.5 Å². The fourth-order valence-corrected chi connectivity index (χ4v) is 4.25. The van der Waals surface area contributed by atoms with Crippen LogP contribution in [0.5, 0.6) is 0 Å². The largest absolute Gasteiger partial charge is 0.347 e. The number of halogens is 1. The fourth-order valence-electron chi connectivity index (χ4n) is 3.34. The molecule has 3 rings (SSSR count). The molecule has 0 aliphatic heterocycles. The standard InChI is InChI=1S/C24H31ClN2S/c1-23(2,3)16-27-15-18(14-26-28-24(4,5)6)20-12-11-17(13-22(20)27)19-9-7-8-10-21(19)25/h7-13,15,26H,14,16H2,1-6H3. The monoisotopic (exact) mass is 414 g/mol. The van der Waals surface area contributed by atoms with E-state index in [1.54, 1.807) is 11.9 Å². The number of hydrogen-bond donors (Lipinski definition) is 1. The number of hydrogen-bond acceptors (Lipinski definition) is 2. The second-order valence-electron chi connectivity index (χ2n) is 9.59. The number of benzene rings is 2. The van der Waals surface area contributed by atoms with Gasteiger partial charge in [-0.3, -0.25) is 4.72 Å². The highest BCUT2D eigenvalue weighted by Crippen LogP contribution is 2.33. The van der Waals surface area contributed by atoms with Gasteiger partial charge in [-0.05, 0) is 49.4 Å². The molecule has 28 heavy (non-hydrogen) atoms. The molecule has 4 heteroatoms. The molecular weight excluding hydrogens is 384 g/mol. The van der Waals surface area contributed by atoms with Crippen molar-refractivity contribution in [1.82, 2.24) is 9.29 Å². The van der Waals surface area contributed by atoms with E-state index in [1.807, 2.05) is 18.2 Å². The molecule has 0 amide bonds. The van der Waals surface area contributed by atoms with Crippen LogP contribution in [0.3, 0.4) is 0 Å². The maximum absolute atomic E-state index is 6.45. The van der Waals surface area contributed by atoms with Crippen molar-refractivity contribution in [2.24, 2.45) is 5.41 Å². The van der Waals surface area contributed by atoms with Crippen LogP contribution in [0.15, 0.2) is 48.7 Å². The van der Waals surface area contributed by atoms with Gasteiger partial charge in [-0.2, -0.15) is 0 Å². The summed E-state index contributed by atoms with van der Waals surface area (Å²) in [5, 5.41) is 2.10. The van der Waals surface area contributed by atoms with Gasteiger partial charge in [0.15, 0.2) is 0 Å². The van der Waals surface area contributed by atoms with Crippen molar-refractivity contribution in [1.29, 1.82) is 0 Å². The average Bonchev–Trinajstić information content (AvgIpc) is 2.89. The zero-order valence-corrected chi connectivity index (χ0v) is 19.3. The van der Waals surface area contributed by atoms with Gasteiger partial charge in [0, 0.05) is 45.5 Å². The van der Waals surface area contributed by atoms with Crippen LogP contribution < -0.4 is 4.72 Å². The van der Waals surface area contributed by atoms with Gasteiger partial charge in [-0.25, -0.2) is 0 Å². The first-order valence-electron chi connectivity index (χ1n) is 9.81. The normalized spacial score (nSPS) is 12.7. The average molecular weight is 415 g/mol. The minimum absolute atomic E-state index is 0.195. The van der Waals surface area contributed by atoms with Gasteiger partial charge in [0.25, 0.3) is 0 Å². The zero-order chi connectivity index (χ0) is 20.5. The van der Waals surface area contributed by atoms with Crippen LogP contribution >= 0.6 is 23.5 Å². The smallest absolute Gasteiger partial charge is 0.0490 e. The topological polar surface area (TPSA) is 17.0 Å². The number of nitrogens with one attached hydrogen (secondary N) is 1. The Hall–Kier alpha value is -1.42. The molecule has 0 saturated carbocycles. The van der Waals surface area contributed by atoms with E-state index >= 15 is 0 Å². The van der Waals surface area contributed by atoms with Crippen LogP contribution in [0.2, 0.25) is 5.02 Å². The van der Waals surface area contributed by atoms with E-state index in [0.717, 1.165) is 29.2 Å². The van der Waals surface area contributed by atoms with Crippen LogP contribution in [0.25, 0.3) is 22.0 Å². The summed E-state index contributed by atoms with van der Waals surface area (Å²) in [6.07, 6.45) is 2.31. The second-order valence-corrected chi connectivity index (χ2v) is 11.7. The Kier molecular flexibility index (Phi) is 6.19. The Morgan fingerprint density at radius 2 is 1.71 bits per heavy atom. The summed E-state index contributed by atoms with van der Waals surface area (Å²) < 4.78 is 6.14. The summed E-state index contributed by atoms with van der Waals surface area (Å²) in [7, 11) is 0. The third-order valence-electron chi connectivity index (χ3n) is 4.44. The lowest BCUT2D eigenvalue weighted by Crippen LogP contribution is -2.16. The molecule has 3 aromatic rings. The first kappa shape index (κ1) is 21.3. The molecule has 1 N–H and O–H groups in total. The van der Waals surface area contributed by atoms with Gasteiger partial charge in [-0.15, -0.1) is 0 Å². The van der Waals surface area contributed by atoms with Crippen molar-refractivity contribution in [3.63, 3.8) is 0 Å². The number of fused-ring (bicyclic) bond motifs is 1. The third-order valence-corrected chi connectivity index (χ3v) is 5.67. The minimum atomic E-state index is 0.195. The maximum atomic E-state index is 6.45. The Morgan fingerprint density at radius 1 is 1.00 bits per heavy atom. The van der Waals surface area contributed by atoms with Crippen LogP contribution in [0, 0.1) is 5.41 Å². The van der Waals surface area contributed by atoms with Gasteiger partial charge in [0.1, 0.15) is 0 Å². The van der Waals surface area contributed by atoms with Crippen molar-refractivity contribution in [2.45, 2.75) is 59.4 Å². The number of rotatable bonds is 5. The van der Waals surface area contributed by atoms with E-state index in [4.69, 9.17) is 11.6 Å². The molecule has 0 aliphatic rings. The molecule has 150 valence electrons. The molecular formula is C24H31ClN2S. The quantitative estimate of drug-likeness (QED) is 0.434. The summed E-state index contributed by atoms with van der Waals surface area (Å²) in [4.78, 5) is 0. The summed E-state index contributed by atoms with van der Waals surface area (Å²) in [6.45, 7) is 15.3. The van der Waals surface area contributed by atoms with Crippen LogP contribution in [0.1, 0.15) is 47.1 Å². The first-order valence-corrected chi connectivity index (χ1v) is 11.0. The molecule has 0 radical (unpaired) electrons. The summed E-state index contributed by atoms with van der Waals surface area (Å²) in [6, 6.07) is 14.8. The van der Waals surface area contributed by atoms with Crippen molar-refractivity contribution < 1.29 is 0 Å². The first-order chi connectivity index (χ1) is 13.0. The maximum Gasteiger partial charge on any atom is 0.0490 e. The van der Waals surface area contributed by atoms with Crippen LogP contribution in [0.4, 0.5) is 0 Å². The zero-order valence-electron chi connectivity index (χ0n) is 17.8. The summed E-state index contributed by atoms with van der Waals surface area (Å²) in [5.41, 5.74) is 5.05. The van der Waals surface area contributed by atoms with E-state index < -0.39 is 0 Å². The summed E-state index contributed by atoms with van der Waals surface area (Å²) in [5.74, 6) is 0. The predicted molar refractivity (Wildman–Crippen MR) is 126 cm³/mol. The van der Waals surface area contributed by atoms with Crippen LogP contribution in [-0.4, -0.2) is 9.31 Å². The molecule has 2 aromatic carbocycles. The Bertz CT molecular complexity index is 961. The lowest BCUT2D eigenvalue weighted by atomic mass is 9.97. The van der Waals surface area contributed by atoms with Gasteiger partial charge >= 0.3 is 0 Å². The molecule has 1 aromatic heterocycles. The highest BCUT2D eigenvalue weighted by molar-refractivity contribution is 7.98. The molecule has 0 spiro atoms. The Balaban J connectivity index is 2.02. The highest BCUT2D eigenvalue weighted by atomic mass is 35.5. The highest BCUT2D eigenvalue weighted by Gasteiger charge is 2.17. The van der Waals surface area contributed by atoms with Gasteiger partial charge in [-0.1, -0.05) is 74.7 Å². The fraction of sp³-hybridized carbons (Fsp3) is 0.417.